The number of ether oxygens (including phenoxy) is 3. The Bertz CT molecular complexity index is 712. The first-order valence-electron chi connectivity index (χ1n) is 8.69. The highest BCUT2D eigenvalue weighted by atomic mass is 16.5. The highest BCUT2D eigenvalue weighted by Crippen LogP contribution is 2.25. The average Bonchev–Trinajstić information content (AvgIpc) is 2.68. The molecular weight excluding hydrogens is 330 g/mol. The third-order valence-corrected chi connectivity index (χ3v) is 4.39. The first kappa shape index (κ1) is 19.6. The van der Waals surface area contributed by atoms with Gasteiger partial charge in [-0.1, -0.05) is 25.1 Å². The maximum absolute atomic E-state index is 12.2. The number of hydrogen-bond donors (Lipinski definition) is 1. The zero-order valence-corrected chi connectivity index (χ0v) is 15.9. The van der Waals surface area contributed by atoms with Gasteiger partial charge < -0.3 is 19.5 Å². The van der Waals surface area contributed by atoms with E-state index in [2.05, 4.69) is 5.32 Å². The van der Waals surface area contributed by atoms with Gasteiger partial charge in [-0.2, -0.15) is 0 Å². The van der Waals surface area contributed by atoms with Gasteiger partial charge in [0.1, 0.15) is 17.2 Å². The topological polar surface area (TPSA) is 56.8 Å². The van der Waals surface area contributed by atoms with Crippen LogP contribution >= 0.6 is 0 Å². The van der Waals surface area contributed by atoms with Crippen molar-refractivity contribution in [3.63, 3.8) is 0 Å². The summed E-state index contributed by atoms with van der Waals surface area (Å²) in [5.74, 6) is 2.53. The molecule has 0 saturated heterocycles. The van der Waals surface area contributed by atoms with E-state index in [0.717, 1.165) is 28.4 Å². The molecule has 0 aromatic heterocycles. The lowest BCUT2D eigenvalue weighted by molar-refractivity contribution is -0.121. The monoisotopic (exact) mass is 357 g/mol. The van der Waals surface area contributed by atoms with Gasteiger partial charge in [0, 0.05) is 19.0 Å². The number of methoxy groups -OCH3 is 3. The number of carbonyl (C=O) groups excluding carboxylic acids is 1. The van der Waals surface area contributed by atoms with Crippen LogP contribution in [-0.2, 0) is 11.2 Å². The fraction of sp³-hybridized carbons (Fsp3) is 0.381. The number of rotatable bonds is 9. The molecule has 0 aliphatic carbocycles. The summed E-state index contributed by atoms with van der Waals surface area (Å²) in [4.78, 5) is 12.2. The Morgan fingerprint density at radius 3 is 2.23 bits per heavy atom. The molecule has 140 valence electrons. The number of carbonyl (C=O) groups is 1. The molecule has 0 heterocycles. The van der Waals surface area contributed by atoms with Crippen LogP contribution in [0.4, 0.5) is 0 Å². The highest BCUT2D eigenvalue weighted by Gasteiger charge is 2.12. The smallest absolute Gasteiger partial charge is 0.220 e. The maximum Gasteiger partial charge on any atom is 0.220 e. The molecule has 2 aromatic rings. The summed E-state index contributed by atoms with van der Waals surface area (Å²) in [5.41, 5.74) is 2.16. The molecule has 1 amide bonds. The van der Waals surface area contributed by atoms with Gasteiger partial charge in [0.15, 0.2) is 0 Å². The largest absolute Gasteiger partial charge is 0.497 e. The van der Waals surface area contributed by atoms with E-state index >= 15 is 0 Å². The lowest BCUT2D eigenvalue weighted by Gasteiger charge is -2.14. The molecule has 1 unspecified atom stereocenters. The molecule has 0 aliphatic heterocycles. The van der Waals surface area contributed by atoms with Crippen molar-refractivity contribution in [1.29, 1.82) is 0 Å². The van der Waals surface area contributed by atoms with Gasteiger partial charge in [0.05, 0.1) is 21.3 Å². The van der Waals surface area contributed by atoms with Crippen molar-refractivity contribution < 1.29 is 19.0 Å². The van der Waals surface area contributed by atoms with E-state index in [1.165, 1.54) is 0 Å². The fourth-order valence-corrected chi connectivity index (χ4v) is 2.80. The van der Waals surface area contributed by atoms with Crippen molar-refractivity contribution in [2.75, 3.05) is 27.9 Å². The Balaban J connectivity index is 1.83. The van der Waals surface area contributed by atoms with Gasteiger partial charge in [-0.05, 0) is 41.7 Å². The second-order valence-electron chi connectivity index (χ2n) is 6.16. The van der Waals surface area contributed by atoms with Crippen LogP contribution in [0.1, 0.15) is 30.4 Å². The van der Waals surface area contributed by atoms with Gasteiger partial charge in [0.2, 0.25) is 5.91 Å². The Morgan fingerprint density at radius 1 is 0.962 bits per heavy atom. The van der Waals surface area contributed by atoms with E-state index in [1.54, 1.807) is 21.3 Å². The Hall–Kier alpha value is -2.69. The molecule has 0 bridgehead atoms. The Morgan fingerprint density at radius 2 is 1.62 bits per heavy atom. The van der Waals surface area contributed by atoms with Crippen LogP contribution in [0.25, 0.3) is 0 Å². The molecular formula is C21H27NO4. The third kappa shape index (κ3) is 5.41. The maximum atomic E-state index is 12.2. The zero-order valence-electron chi connectivity index (χ0n) is 15.9. The first-order chi connectivity index (χ1) is 12.6. The predicted molar refractivity (Wildman–Crippen MR) is 102 cm³/mol. The molecule has 1 N–H and O–H groups in total. The van der Waals surface area contributed by atoms with Gasteiger partial charge >= 0.3 is 0 Å². The Labute approximate surface area is 155 Å². The summed E-state index contributed by atoms with van der Waals surface area (Å²) < 4.78 is 15.7. The minimum atomic E-state index is 0.0424. The zero-order chi connectivity index (χ0) is 18.9. The summed E-state index contributed by atoms with van der Waals surface area (Å²) >= 11 is 0. The number of hydrogen-bond acceptors (Lipinski definition) is 4. The van der Waals surface area contributed by atoms with Crippen LogP contribution < -0.4 is 19.5 Å². The SMILES string of the molecule is COc1ccc(C(C)CC(=O)NCCc2ccc(OC)cc2OC)cc1. The van der Waals surface area contributed by atoms with Gasteiger partial charge in [0.25, 0.3) is 0 Å². The minimum absolute atomic E-state index is 0.0424. The van der Waals surface area contributed by atoms with Crippen LogP contribution in [0, 0.1) is 0 Å². The van der Waals surface area contributed by atoms with Crippen LogP contribution in [0.3, 0.4) is 0 Å². The second-order valence-corrected chi connectivity index (χ2v) is 6.16. The molecule has 2 rings (SSSR count). The van der Waals surface area contributed by atoms with Crippen molar-refractivity contribution in [2.24, 2.45) is 0 Å². The normalized spacial score (nSPS) is 11.5. The molecule has 0 aliphatic rings. The second kappa shape index (κ2) is 9.70. The van der Waals surface area contributed by atoms with Crippen molar-refractivity contribution in [3.05, 3.63) is 53.6 Å². The van der Waals surface area contributed by atoms with Crippen LogP contribution in [0.2, 0.25) is 0 Å². The van der Waals surface area contributed by atoms with E-state index in [4.69, 9.17) is 14.2 Å². The average molecular weight is 357 g/mol. The molecule has 26 heavy (non-hydrogen) atoms. The summed E-state index contributed by atoms with van der Waals surface area (Å²) in [7, 11) is 4.90. The van der Waals surface area contributed by atoms with Gasteiger partial charge in [-0.25, -0.2) is 0 Å². The quantitative estimate of drug-likeness (QED) is 0.745. The summed E-state index contributed by atoms with van der Waals surface area (Å²) in [6.45, 7) is 2.62. The highest BCUT2D eigenvalue weighted by molar-refractivity contribution is 5.76. The van der Waals surface area contributed by atoms with Crippen molar-refractivity contribution in [1.82, 2.24) is 5.32 Å². The molecule has 0 radical (unpaired) electrons. The standard InChI is InChI=1S/C21H27NO4/c1-15(16-5-8-18(24-2)9-6-16)13-21(23)22-12-11-17-7-10-19(25-3)14-20(17)26-4/h5-10,14-15H,11-13H2,1-4H3,(H,22,23). The van der Waals surface area contributed by atoms with Crippen LogP contribution in [-0.4, -0.2) is 33.8 Å². The summed E-state index contributed by atoms with van der Waals surface area (Å²) in [6.07, 6.45) is 1.15. The van der Waals surface area contributed by atoms with Crippen molar-refractivity contribution in [3.8, 4) is 17.2 Å². The van der Waals surface area contributed by atoms with Gasteiger partial charge in [-0.15, -0.1) is 0 Å². The third-order valence-electron chi connectivity index (χ3n) is 4.39. The minimum Gasteiger partial charge on any atom is -0.497 e. The summed E-state index contributed by atoms with van der Waals surface area (Å²) in [5, 5.41) is 2.98. The van der Waals surface area contributed by atoms with Crippen LogP contribution in [0.5, 0.6) is 17.2 Å². The van der Waals surface area contributed by atoms with E-state index in [1.807, 2.05) is 49.4 Å². The molecule has 0 saturated carbocycles. The molecule has 0 fully saturated rings. The molecule has 2 aromatic carbocycles. The first-order valence-corrected chi connectivity index (χ1v) is 8.69. The number of nitrogens with one attached hydrogen (secondary N) is 1. The predicted octanol–water partition coefficient (Wildman–Crippen LogP) is 3.56. The molecule has 1 atom stereocenters. The fourth-order valence-electron chi connectivity index (χ4n) is 2.80. The lowest BCUT2D eigenvalue weighted by atomic mass is 9.97. The van der Waals surface area contributed by atoms with Crippen molar-refractivity contribution in [2.45, 2.75) is 25.7 Å². The van der Waals surface area contributed by atoms with Gasteiger partial charge in [-0.3, -0.25) is 4.79 Å². The van der Waals surface area contributed by atoms with E-state index in [9.17, 15) is 4.79 Å². The lowest BCUT2D eigenvalue weighted by Crippen LogP contribution is -2.26. The van der Waals surface area contributed by atoms with Crippen LogP contribution in [0.15, 0.2) is 42.5 Å². The molecule has 5 heteroatoms. The number of benzene rings is 2. The summed E-state index contributed by atoms with van der Waals surface area (Å²) in [6, 6.07) is 13.5. The molecule has 5 nitrogen and oxygen atoms in total. The Kier molecular flexibility index (Phi) is 7.33. The number of amides is 1. The molecule has 0 spiro atoms. The van der Waals surface area contributed by atoms with E-state index in [-0.39, 0.29) is 11.8 Å². The van der Waals surface area contributed by atoms with Crippen molar-refractivity contribution >= 4 is 5.91 Å². The van der Waals surface area contributed by atoms with E-state index < -0.39 is 0 Å². The van der Waals surface area contributed by atoms with E-state index in [0.29, 0.717) is 19.4 Å².